The second kappa shape index (κ2) is 10.9. The molecule has 1 unspecified atom stereocenters. The molecule has 2 aromatic carbocycles. The fraction of sp³-hybridized carbons (Fsp3) is 0.379. The molecule has 1 amide bonds. The van der Waals surface area contributed by atoms with E-state index in [4.69, 9.17) is 11.6 Å². The number of sulfone groups is 1. The summed E-state index contributed by atoms with van der Waals surface area (Å²) < 4.78 is 121. The molecule has 1 spiro atoms. The molecule has 0 radical (unpaired) electrons. The summed E-state index contributed by atoms with van der Waals surface area (Å²) in [7, 11) is -7.74. The Hall–Kier alpha value is -3.30. The summed E-state index contributed by atoms with van der Waals surface area (Å²) in [5.74, 6) is -3.33. The molecular formula is C29H25ClF5N3O5S2. The Morgan fingerprint density at radius 2 is 1.71 bits per heavy atom. The van der Waals surface area contributed by atoms with Crippen molar-refractivity contribution in [3.05, 3.63) is 87.7 Å². The van der Waals surface area contributed by atoms with Gasteiger partial charge in [-0.2, -0.15) is 13.2 Å². The molecule has 3 aliphatic rings. The van der Waals surface area contributed by atoms with E-state index in [1.807, 2.05) is 0 Å². The largest absolute Gasteiger partial charge is 0.417 e. The number of anilines is 1. The fourth-order valence-corrected chi connectivity index (χ4v) is 10.2. The molecule has 1 N–H and O–H groups in total. The minimum atomic E-state index is -4.81. The molecule has 1 saturated heterocycles. The van der Waals surface area contributed by atoms with E-state index in [-0.39, 0.29) is 57.5 Å². The summed E-state index contributed by atoms with van der Waals surface area (Å²) in [4.78, 5) is 16.6. The quantitative estimate of drug-likeness (QED) is 0.347. The second-order valence-corrected chi connectivity index (χ2v) is 16.0. The number of fused-ring (bicyclic) bond motifs is 2. The Labute approximate surface area is 260 Å². The molecule has 6 rings (SSSR count). The van der Waals surface area contributed by atoms with Crippen molar-refractivity contribution in [3.8, 4) is 0 Å². The van der Waals surface area contributed by atoms with Gasteiger partial charge in [0.05, 0.1) is 56.5 Å². The van der Waals surface area contributed by atoms with Crippen LogP contribution in [-0.4, -0.2) is 45.3 Å². The molecule has 1 aliphatic carbocycles. The lowest BCUT2D eigenvalue weighted by molar-refractivity contribution is -0.138. The van der Waals surface area contributed by atoms with Crippen LogP contribution in [-0.2, 0) is 38.0 Å². The summed E-state index contributed by atoms with van der Waals surface area (Å²) in [5, 5.41) is 2.28. The zero-order chi connectivity index (χ0) is 32.5. The van der Waals surface area contributed by atoms with Gasteiger partial charge in [0.25, 0.3) is 15.9 Å². The van der Waals surface area contributed by atoms with E-state index in [2.05, 4.69) is 10.3 Å². The first-order valence-corrected chi connectivity index (χ1v) is 17.5. The first-order valence-electron chi connectivity index (χ1n) is 13.9. The highest BCUT2D eigenvalue weighted by Crippen LogP contribution is 2.61. The van der Waals surface area contributed by atoms with Crippen LogP contribution >= 0.6 is 11.6 Å². The van der Waals surface area contributed by atoms with Gasteiger partial charge >= 0.3 is 6.18 Å². The monoisotopic (exact) mass is 689 g/mol. The van der Waals surface area contributed by atoms with Crippen molar-refractivity contribution in [2.45, 2.75) is 54.8 Å². The number of halogens is 6. The number of pyridine rings is 1. The molecular weight excluding hydrogens is 665 g/mol. The van der Waals surface area contributed by atoms with E-state index in [0.717, 1.165) is 24.3 Å². The Morgan fingerprint density at radius 1 is 1.07 bits per heavy atom. The van der Waals surface area contributed by atoms with Gasteiger partial charge in [0.2, 0.25) is 0 Å². The number of rotatable bonds is 6. The number of sulfonamides is 1. The average Bonchev–Trinajstić information content (AvgIpc) is 3.76. The van der Waals surface area contributed by atoms with Gasteiger partial charge < -0.3 is 5.32 Å². The van der Waals surface area contributed by atoms with Gasteiger partial charge in [0.15, 0.2) is 0 Å². The standard InChI is InChI=1S/C29H25ClF5N3O5S2/c30-25-20(27(39)37-15-22-21(32)13-17(14-36-22)29(33,34)35)7-8-23-24(25)28(9-11-44(40,41)12-10-28)26(16-1-2-16)38(23)45(42,43)19-5-3-18(31)4-6-19/h3-8,13-14,16,26H,1-2,9-12,15H2,(H,37,39). The summed E-state index contributed by atoms with van der Waals surface area (Å²) in [6, 6.07) is 6.56. The van der Waals surface area contributed by atoms with Crippen LogP contribution < -0.4 is 9.62 Å². The zero-order valence-corrected chi connectivity index (χ0v) is 25.6. The number of hydrogen-bond acceptors (Lipinski definition) is 6. The molecule has 16 heteroatoms. The summed E-state index contributed by atoms with van der Waals surface area (Å²) >= 11 is 6.90. The highest BCUT2D eigenvalue weighted by Gasteiger charge is 2.61. The summed E-state index contributed by atoms with van der Waals surface area (Å²) in [6.45, 7) is -0.574. The highest BCUT2D eigenvalue weighted by molar-refractivity contribution is 7.93. The summed E-state index contributed by atoms with van der Waals surface area (Å²) in [6.07, 6.45) is -2.91. The molecule has 3 aromatic rings. The second-order valence-electron chi connectivity index (χ2n) is 11.5. The molecule has 0 bridgehead atoms. The Balaban J connectivity index is 1.41. The Morgan fingerprint density at radius 3 is 2.29 bits per heavy atom. The molecule has 8 nitrogen and oxygen atoms in total. The first kappa shape index (κ1) is 31.7. The van der Waals surface area contributed by atoms with Crippen LogP contribution in [0, 0.1) is 17.6 Å². The molecule has 2 fully saturated rings. The molecule has 3 heterocycles. The number of carbonyl (C=O) groups excluding carboxylic acids is 1. The number of alkyl halides is 3. The van der Waals surface area contributed by atoms with Crippen LogP contribution in [0.4, 0.5) is 27.6 Å². The van der Waals surface area contributed by atoms with Crippen molar-refractivity contribution in [2.75, 3.05) is 15.8 Å². The number of carbonyl (C=O) groups is 1. The Kier molecular flexibility index (Phi) is 7.67. The molecule has 2 aliphatic heterocycles. The number of amides is 1. The normalized spacial score (nSPS) is 20.7. The third-order valence-corrected chi connectivity index (χ3v) is 12.6. The molecule has 1 saturated carbocycles. The van der Waals surface area contributed by atoms with E-state index in [1.165, 1.54) is 16.4 Å². The third kappa shape index (κ3) is 5.56. The number of hydrogen-bond donors (Lipinski definition) is 1. The van der Waals surface area contributed by atoms with Crippen molar-refractivity contribution in [1.82, 2.24) is 10.3 Å². The summed E-state index contributed by atoms with van der Waals surface area (Å²) in [5.41, 5.74) is -2.45. The Bertz CT molecular complexity index is 1900. The minimum absolute atomic E-state index is 0.0460. The van der Waals surface area contributed by atoms with Gasteiger partial charge in [-0.25, -0.2) is 25.6 Å². The van der Waals surface area contributed by atoms with E-state index in [1.54, 1.807) is 0 Å². The lowest BCUT2D eigenvalue weighted by Crippen LogP contribution is -2.52. The van der Waals surface area contributed by atoms with Crippen LogP contribution in [0.5, 0.6) is 0 Å². The van der Waals surface area contributed by atoms with Gasteiger partial charge in [-0.3, -0.25) is 14.1 Å². The maximum absolute atomic E-state index is 14.4. The van der Waals surface area contributed by atoms with Gasteiger partial charge in [-0.1, -0.05) is 11.6 Å². The first-order chi connectivity index (χ1) is 21.0. The van der Waals surface area contributed by atoms with Crippen molar-refractivity contribution >= 4 is 43.1 Å². The van der Waals surface area contributed by atoms with Crippen LogP contribution in [0.1, 0.15) is 52.9 Å². The van der Waals surface area contributed by atoms with E-state index in [9.17, 15) is 43.6 Å². The minimum Gasteiger partial charge on any atom is -0.346 e. The maximum atomic E-state index is 14.4. The van der Waals surface area contributed by atoms with Crippen molar-refractivity contribution in [3.63, 3.8) is 0 Å². The van der Waals surface area contributed by atoms with Gasteiger partial charge in [-0.15, -0.1) is 0 Å². The topological polar surface area (TPSA) is 114 Å². The number of aromatic nitrogens is 1. The number of nitrogens with one attached hydrogen (secondary N) is 1. The van der Waals surface area contributed by atoms with Gasteiger partial charge in [-0.05, 0) is 74.1 Å². The zero-order valence-electron chi connectivity index (χ0n) is 23.2. The van der Waals surface area contributed by atoms with E-state index >= 15 is 0 Å². The fourth-order valence-electron chi connectivity index (χ4n) is 6.43. The van der Waals surface area contributed by atoms with Crippen LogP contribution in [0.2, 0.25) is 5.02 Å². The van der Waals surface area contributed by atoms with E-state index < -0.39 is 72.8 Å². The molecule has 240 valence electrons. The van der Waals surface area contributed by atoms with Crippen molar-refractivity contribution in [1.29, 1.82) is 0 Å². The van der Waals surface area contributed by atoms with Crippen LogP contribution in [0.3, 0.4) is 0 Å². The lowest BCUT2D eigenvalue weighted by Gasteiger charge is -2.42. The number of benzene rings is 2. The van der Waals surface area contributed by atoms with E-state index in [0.29, 0.717) is 24.6 Å². The molecule has 1 atom stereocenters. The lowest BCUT2D eigenvalue weighted by atomic mass is 9.70. The SMILES string of the molecule is O=C(NCc1ncc(C(F)(F)F)cc1F)c1ccc2c(c1Cl)C1(CCS(=O)(=O)CC1)C(C1CC1)N2S(=O)(=O)c1ccc(F)cc1. The predicted molar refractivity (Wildman–Crippen MR) is 154 cm³/mol. The number of nitrogens with zero attached hydrogens (tertiary/aromatic N) is 2. The predicted octanol–water partition coefficient (Wildman–Crippen LogP) is 5.40. The average molecular weight is 690 g/mol. The van der Waals surface area contributed by atoms with Gasteiger partial charge in [0.1, 0.15) is 21.5 Å². The molecule has 1 aromatic heterocycles. The third-order valence-electron chi connectivity index (χ3n) is 8.74. The maximum Gasteiger partial charge on any atom is 0.417 e. The van der Waals surface area contributed by atoms with Crippen LogP contribution in [0.15, 0.2) is 53.6 Å². The highest BCUT2D eigenvalue weighted by atomic mass is 35.5. The van der Waals surface area contributed by atoms with Gasteiger partial charge in [0, 0.05) is 17.2 Å². The molecule has 45 heavy (non-hydrogen) atoms. The van der Waals surface area contributed by atoms with Crippen LogP contribution in [0.25, 0.3) is 0 Å². The van der Waals surface area contributed by atoms with Crippen molar-refractivity contribution in [2.24, 2.45) is 5.92 Å². The van der Waals surface area contributed by atoms with Crippen molar-refractivity contribution < 1.29 is 43.6 Å². The smallest absolute Gasteiger partial charge is 0.346 e.